The minimum atomic E-state index is -2.23. The van der Waals surface area contributed by atoms with E-state index in [1.54, 1.807) is 25.9 Å². The molecule has 0 saturated carbocycles. The number of benzene rings is 2. The average molecular weight is 572 g/mol. The number of hydrogen-bond acceptors (Lipinski definition) is 12. The van der Waals surface area contributed by atoms with Crippen molar-refractivity contribution >= 4 is 17.3 Å². The number of methoxy groups -OCH3 is 1. The van der Waals surface area contributed by atoms with E-state index in [-0.39, 0.29) is 40.5 Å². The van der Waals surface area contributed by atoms with Crippen LogP contribution in [0.3, 0.4) is 0 Å². The van der Waals surface area contributed by atoms with Gasteiger partial charge in [0.05, 0.1) is 42.1 Å². The summed E-state index contributed by atoms with van der Waals surface area (Å²) in [6.45, 7) is 0.651. The zero-order valence-electron chi connectivity index (χ0n) is 23.1. The summed E-state index contributed by atoms with van der Waals surface area (Å²) < 4.78 is 17.3. The maximum Gasteiger partial charge on any atom is 0.202 e. The topological polar surface area (TPSA) is 183 Å². The number of carbonyl (C=O) groups is 3. The summed E-state index contributed by atoms with van der Waals surface area (Å²) in [6.07, 6.45) is -4.61. The molecule has 1 aliphatic heterocycles. The number of aliphatic hydroxyl groups excluding tert-OH is 2. The number of ether oxygens (including phenoxy) is 3. The summed E-state index contributed by atoms with van der Waals surface area (Å²) in [5, 5.41) is 54.5. The van der Waals surface area contributed by atoms with Gasteiger partial charge >= 0.3 is 0 Å². The first-order valence-electron chi connectivity index (χ1n) is 13.2. The molecule has 6 atom stereocenters. The van der Waals surface area contributed by atoms with Gasteiger partial charge in [-0.1, -0.05) is 12.1 Å². The predicted octanol–water partition coefficient (Wildman–Crippen LogP) is 0.604. The Kier molecular flexibility index (Phi) is 7.43. The molecule has 1 heterocycles. The van der Waals surface area contributed by atoms with Gasteiger partial charge in [-0.15, -0.1) is 0 Å². The van der Waals surface area contributed by atoms with E-state index in [0.29, 0.717) is 0 Å². The Morgan fingerprint density at radius 1 is 1.12 bits per heavy atom. The number of rotatable bonds is 6. The van der Waals surface area contributed by atoms with E-state index in [2.05, 4.69) is 0 Å². The van der Waals surface area contributed by atoms with E-state index < -0.39 is 89.6 Å². The zero-order chi connectivity index (χ0) is 30.0. The summed E-state index contributed by atoms with van der Waals surface area (Å²) in [5.41, 5.74) is -3.51. The Bertz CT molecular complexity index is 1440. The van der Waals surface area contributed by atoms with Crippen LogP contribution in [0.25, 0.3) is 0 Å². The molecule has 41 heavy (non-hydrogen) atoms. The lowest BCUT2D eigenvalue weighted by Crippen LogP contribution is -2.54. The third kappa shape index (κ3) is 4.51. The molecular formula is C29H33NO11. The lowest BCUT2D eigenvalue weighted by Gasteiger charge is -2.44. The molecule has 2 aromatic carbocycles. The Morgan fingerprint density at radius 3 is 2.44 bits per heavy atom. The van der Waals surface area contributed by atoms with Gasteiger partial charge in [0.15, 0.2) is 17.9 Å². The molecule has 0 aromatic heterocycles. The summed E-state index contributed by atoms with van der Waals surface area (Å²) in [4.78, 5) is 41.8. The van der Waals surface area contributed by atoms with Crippen molar-refractivity contribution < 1.29 is 54.1 Å². The van der Waals surface area contributed by atoms with Gasteiger partial charge in [-0.05, 0) is 27.1 Å². The molecule has 0 radical (unpaired) electrons. The van der Waals surface area contributed by atoms with Crippen LogP contribution in [0.2, 0.25) is 0 Å². The van der Waals surface area contributed by atoms with Crippen LogP contribution >= 0.6 is 0 Å². The second-order valence-corrected chi connectivity index (χ2v) is 11.0. The average Bonchev–Trinajstić information content (AvgIpc) is 2.94. The van der Waals surface area contributed by atoms with Crippen LogP contribution < -0.4 is 4.74 Å². The fraction of sp³-hybridized carbons (Fsp3) is 0.483. The van der Waals surface area contributed by atoms with Gasteiger partial charge in [-0.2, -0.15) is 0 Å². The molecule has 220 valence electrons. The lowest BCUT2D eigenvalue weighted by atomic mass is 9.72. The smallest absolute Gasteiger partial charge is 0.202 e. The van der Waals surface area contributed by atoms with Gasteiger partial charge in [-0.3, -0.25) is 14.4 Å². The highest BCUT2D eigenvalue weighted by Gasteiger charge is 2.50. The summed E-state index contributed by atoms with van der Waals surface area (Å²) >= 11 is 0. The van der Waals surface area contributed by atoms with Crippen LogP contribution in [0.15, 0.2) is 18.2 Å². The molecule has 0 bridgehead atoms. The summed E-state index contributed by atoms with van der Waals surface area (Å²) in [6, 6.07) is 4.02. The van der Waals surface area contributed by atoms with Gasteiger partial charge in [-0.25, -0.2) is 0 Å². The van der Waals surface area contributed by atoms with E-state index in [0.717, 1.165) is 0 Å². The fourth-order valence-corrected chi connectivity index (χ4v) is 6.21. The normalized spacial score (nSPS) is 29.1. The third-order valence-electron chi connectivity index (χ3n) is 8.39. The lowest BCUT2D eigenvalue weighted by molar-refractivity contribution is -0.256. The number of phenols is 2. The minimum Gasteiger partial charge on any atom is -0.507 e. The fourth-order valence-electron chi connectivity index (χ4n) is 6.21. The number of Topliss-reactive ketones (excluding diaryl/α,β-unsaturated/α-hetero) is 1. The predicted molar refractivity (Wildman–Crippen MR) is 141 cm³/mol. The highest BCUT2D eigenvalue weighted by atomic mass is 16.7. The number of likely N-dealkylation sites (N-methyl/N-ethyl adjacent to an activating group) is 1. The van der Waals surface area contributed by atoms with Crippen molar-refractivity contribution in [2.75, 3.05) is 27.8 Å². The van der Waals surface area contributed by atoms with Crippen molar-refractivity contribution in [3.63, 3.8) is 0 Å². The van der Waals surface area contributed by atoms with Crippen molar-refractivity contribution in [3.8, 4) is 17.2 Å². The van der Waals surface area contributed by atoms with Gasteiger partial charge in [0, 0.05) is 42.0 Å². The van der Waals surface area contributed by atoms with Gasteiger partial charge in [0.1, 0.15) is 29.5 Å². The third-order valence-corrected chi connectivity index (χ3v) is 8.39. The molecule has 0 unspecified atom stereocenters. The first-order chi connectivity index (χ1) is 19.3. The molecule has 2 aromatic rings. The maximum atomic E-state index is 13.7. The molecule has 3 aliphatic rings. The highest BCUT2D eigenvalue weighted by Crippen LogP contribution is 2.52. The Hall–Kier alpha value is -3.39. The van der Waals surface area contributed by atoms with E-state index in [1.165, 1.54) is 25.3 Å². The number of aliphatic hydroxyl groups is 3. The highest BCUT2D eigenvalue weighted by molar-refractivity contribution is 6.31. The minimum absolute atomic E-state index is 0.0420. The van der Waals surface area contributed by atoms with E-state index in [4.69, 9.17) is 14.2 Å². The maximum absolute atomic E-state index is 13.7. The molecule has 2 aliphatic carbocycles. The first kappa shape index (κ1) is 29.1. The quantitative estimate of drug-likeness (QED) is 0.260. The molecule has 0 amide bonds. The van der Waals surface area contributed by atoms with Crippen molar-refractivity contribution in [1.29, 1.82) is 0 Å². The molecule has 1 saturated heterocycles. The van der Waals surface area contributed by atoms with Crippen LogP contribution in [-0.4, -0.2) is 106 Å². The van der Waals surface area contributed by atoms with Crippen LogP contribution in [0, 0.1) is 0 Å². The Morgan fingerprint density at radius 2 is 1.80 bits per heavy atom. The SMILES string of the molecule is COc1cccc2c1C(=O)c1c(O)c3c(c(O)c1C2=O)C[C@@](O)(C(=O)CO)C[C@@H]3O[C@H]1C[C@@H](N(C)C)[C@@H](O)[C@H](C)O1. The van der Waals surface area contributed by atoms with Crippen LogP contribution in [0.4, 0.5) is 0 Å². The number of nitrogens with zero attached hydrogens (tertiary/aromatic N) is 1. The van der Waals surface area contributed by atoms with Crippen molar-refractivity contribution in [1.82, 2.24) is 4.90 Å². The summed E-state index contributed by atoms with van der Waals surface area (Å²) in [7, 11) is 4.89. The standard InChI is InChI=1S/C29H33NO11/c1-12-24(33)15(30(2)3)8-19(40-12)41-17-10-29(38,18(32)11-31)9-14-21(17)28(37)23-22(26(14)35)25(34)13-6-5-7-16(39-4)20(13)27(23)36/h5-7,12,15,17,19,24,31,33,35,37-38H,8-11H2,1-4H3/t12-,15+,17-,19-,24-,29-/m0/s1. The molecule has 5 N–H and O–H groups in total. The van der Waals surface area contributed by atoms with Gasteiger partial charge < -0.3 is 44.6 Å². The second-order valence-electron chi connectivity index (χ2n) is 11.0. The Labute approximate surface area is 235 Å². The number of phenolic OH excluding ortho intramolecular Hbond substituents is 2. The van der Waals surface area contributed by atoms with Crippen LogP contribution in [0.5, 0.6) is 17.2 Å². The number of carbonyl (C=O) groups excluding carboxylic acids is 3. The summed E-state index contributed by atoms with van der Waals surface area (Å²) in [5.74, 6) is -3.68. The molecule has 1 fully saturated rings. The van der Waals surface area contributed by atoms with E-state index in [1.807, 2.05) is 0 Å². The van der Waals surface area contributed by atoms with E-state index >= 15 is 0 Å². The molecule has 5 rings (SSSR count). The monoisotopic (exact) mass is 571 g/mol. The van der Waals surface area contributed by atoms with Crippen molar-refractivity contribution in [2.24, 2.45) is 0 Å². The molecule has 12 heteroatoms. The van der Waals surface area contributed by atoms with Gasteiger partial charge in [0.25, 0.3) is 0 Å². The number of fused-ring (bicyclic) bond motifs is 3. The van der Waals surface area contributed by atoms with E-state index in [9.17, 15) is 39.9 Å². The van der Waals surface area contributed by atoms with Gasteiger partial charge in [0.2, 0.25) is 5.78 Å². The van der Waals surface area contributed by atoms with Crippen molar-refractivity contribution in [3.05, 3.63) is 51.6 Å². The van der Waals surface area contributed by atoms with Crippen LogP contribution in [-0.2, 0) is 20.7 Å². The number of hydrogen-bond donors (Lipinski definition) is 5. The number of aromatic hydroxyl groups is 2. The molecule has 12 nitrogen and oxygen atoms in total. The second kappa shape index (κ2) is 10.5. The first-order valence-corrected chi connectivity index (χ1v) is 13.2. The number of ketones is 3. The zero-order valence-corrected chi connectivity index (χ0v) is 23.1. The van der Waals surface area contributed by atoms with Crippen molar-refractivity contribution in [2.45, 2.75) is 62.4 Å². The molecule has 0 spiro atoms. The molecular weight excluding hydrogens is 538 g/mol. The van der Waals surface area contributed by atoms with Crippen LogP contribution in [0.1, 0.15) is 68.8 Å². The Balaban J connectivity index is 1.67. The largest absolute Gasteiger partial charge is 0.507 e.